The second kappa shape index (κ2) is 5.55. The van der Waals surface area contributed by atoms with Crippen LogP contribution in [0.25, 0.3) is 0 Å². The molecule has 0 aliphatic heterocycles. The lowest BCUT2D eigenvalue weighted by Gasteiger charge is -2.25. The molecule has 0 unspecified atom stereocenters. The summed E-state index contributed by atoms with van der Waals surface area (Å²) in [6.45, 7) is 3.08. The van der Waals surface area contributed by atoms with Crippen molar-refractivity contribution >= 4 is 5.78 Å². The van der Waals surface area contributed by atoms with Crippen molar-refractivity contribution in [2.45, 2.75) is 39.3 Å². The van der Waals surface area contributed by atoms with Gasteiger partial charge < -0.3 is 0 Å². The highest BCUT2D eigenvalue weighted by Gasteiger charge is 2.36. The molecule has 0 saturated heterocycles. The second-order valence-corrected chi connectivity index (χ2v) is 5.25. The zero-order valence-corrected chi connectivity index (χ0v) is 10.6. The summed E-state index contributed by atoms with van der Waals surface area (Å²) in [6, 6.07) is 8.64. The van der Waals surface area contributed by atoms with Gasteiger partial charge in [-0.3, -0.25) is 4.79 Å². The Hall–Kier alpha value is -1.32. The molecule has 0 atom stereocenters. The largest absolute Gasteiger partial charge is 0.389 e. The van der Waals surface area contributed by atoms with Crippen molar-refractivity contribution in [3.8, 4) is 0 Å². The van der Waals surface area contributed by atoms with Gasteiger partial charge in [0.2, 0.25) is 0 Å². The predicted octanol–water partition coefficient (Wildman–Crippen LogP) is 4.63. The van der Waals surface area contributed by atoms with Gasteiger partial charge in [0.05, 0.1) is 0 Å². The molecule has 4 heteroatoms. The average Bonchev–Trinajstić information content (AvgIpc) is 2.24. The number of ketones is 1. The van der Waals surface area contributed by atoms with Crippen molar-refractivity contribution in [2.75, 3.05) is 0 Å². The van der Waals surface area contributed by atoms with Crippen molar-refractivity contribution in [2.24, 2.45) is 5.41 Å². The van der Waals surface area contributed by atoms with Crippen LogP contribution in [0.5, 0.6) is 0 Å². The number of hydrogen-bond donors (Lipinski definition) is 0. The van der Waals surface area contributed by atoms with Crippen LogP contribution in [0.3, 0.4) is 0 Å². The van der Waals surface area contributed by atoms with Gasteiger partial charge in [-0.05, 0) is 11.8 Å². The van der Waals surface area contributed by atoms with E-state index in [1.165, 1.54) is 0 Å². The first-order valence-corrected chi connectivity index (χ1v) is 5.85. The van der Waals surface area contributed by atoms with Crippen LogP contribution in [0.4, 0.5) is 13.2 Å². The zero-order valence-electron chi connectivity index (χ0n) is 10.6. The van der Waals surface area contributed by atoms with Crippen LogP contribution >= 0.6 is 0 Å². The van der Waals surface area contributed by atoms with Crippen LogP contribution in [0.15, 0.2) is 30.3 Å². The molecule has 0 aliphatic rings. The van der Waals surface area contributed by atoms with E-state index in [9.17, 15) is 18.0 Å². The third kappa shape index (κ3) is 5.34. The van der Waals surface area contributed by atoms with Gasteiger partial charge in [0.15, 0.2) is 5.78 Å². The van der Waals surface area contributed by atoms with E-state index >= 15 is 0 Å². The summed E-state index contributed by atoms with van der Waals surface area (Å²) >= 11 is 0. The number of Topliss-reactive ketones (excluding diaryl/α,β-unsaturated/α-hetero) is 1. The Kier molecular flexibility index (Phi) is 4.54. The van der Waals surface area contributed by atoms with E-state index in [1.807, 2.05) is 0 Å². The van der Waals surface area contributed by atoms with Crippen LogP contribution < -0.4 is 0 Å². The number of rotatable bonds is 5. The van der Waals surface area contributed by atoms with Crippen LogP contribution in [-0.4, -0.2) is 12.0 Å². The molecule has 18 heavy (non-hydrogen) atoms. The van der Waals surface area contributed by atoms with E-state index in [2.05, 4.69) is 0 Å². The minimum absolute atomic E-state index is 0.106. The number of carbonyl (C=O) groups is 1. The van der Waals surface area contributed by atoms with Gasteiger partial charge in [0, 0.05) is 18.4 Å². The standard InChI is InChI=1S/C14H17F3O/c1-13(2,10-14(15,16)17)9-8-12(18)11-6-4-3-5-7-11/h3-7H,8-10H2,1-2H3. The normalized spacial score (nSPS) is 12.5. The molecule has 1 aromatic carbocycles. The first-order chi connectivity index (χ1) is 8.20. The van der Waals surface area contributed by atoms with Crippen LogP contribution in [0.2, 0.25) is 0 Å². The summed E-state index contributed by atoms with van der Waals surface area (Å²) in [5.74, 6) is -0.106. The van der Waals surface area contributed by atoms with Gasteiger partial charge in [0.25, 0.3) is 0 Å². The third-order valence-corrected chi connectivity index (χ3v) is 2.80. The Labute approximate surface area is 105 Å². The predicted molar refractivity (Wildman–Crippen MR) is 64.5 cm³/mol. The van der Waals surface area contributed by atoms with Gasteiger partial charge in [-0.15, -0.1) is 0 Å². The van der Waals surface area contributed by atoms with Crippen molar-refractivity contribution < 1.29 is 18.0 Å². The maximum Gasteiger partial charge on any atom is 0.389 e. The molecule has 1 rings (SSSR count). The van der Waals surface area contributed by atoms with Gasteiger partial charge in [-0.2, -0.15) is 13.2 Å². The topological polar surface area (TPSA) is 17.1 Å². The smallest absolute Gasteiger partial charge is 0.294 e. The molecule has 0 fully saturated rings. The summed E-state index contributed by atoms with van der Waals surface area (Å²) in [7, 11) is 0. The fourth-order valence-electron chi connectivity index (χ4n) is 1.85. The minimum atomic E-state index is -4.18. The molecule has 0 bridgehead atoms. The number of carbonyl (C=O) groups excluding carboxylic acids is 1. The van der Waals surface area contributed by atoms with Crippen LogP contribution in [0.1, 0.15) is 43.5 Å². The lowest BCUT2D eigenvalue weighted by atomic mass is 9.83. The summed E-state index contributed by atoms with van der Waals surface area (Å²) < 4.78 is 36.9. The summed E-state index contributed by atoms with van der Waals surface area (Å²) in [5.41, 5.74) is -0.344. The van der Waals surface area contributed by atoms with E-state index in [0.717, 1.165) is 0 Å². The number of halogens is 3. The average molecular weight is 258 g/mol. The fourth-order valence-corrected chi connectivity index (χ4v) is 1.85. The summed E-state index contributed by atoms with van der Waals surface area (Å²) in [5, 5.41) is 0. The number of alkyl halides is 3. The quantitative estimate of drug-likeness (QED) is 0.704. The Morgan fingerprint density at radius 3 is 2.17 bits per heavy atom. The van der Waals surface area contributed by atoms with E-state index in [0.29, 0.717) is 5.56 Å². The maximum atomic E-state index is 12.3. The van der Waals surface area contributed by atoms with Crippen molar-refractivity contribution in [1.82, 2.24) is 0 Å². The van der Waals surface area contributed by atoms with Gasteiger partial charge in [0.1, 0.15) is 0 Å². The molecule has 1 aromatic rings. The maximum absolute atomic E-state index is 12.3. The Balaban J connectivity index is 2.53. The first-order valence-electron chi connectivity index (χ1n) is 5.85. The molecule has 0 amide bonds. The van der Waals surface area contributed by atoms with E-state index < -0.39 is 18.0 Å². The molecule has 0 N–H and O–H groups in total. The molecule has 0 radical (unpaired) electrons. The summed E-state index contributed by atoms with van der Waals surface area (Å²) in [4.78, 5) is 11.8. The second-order valence-electron chi connectivity index (χ2n) is 5.25. The minimum Gasteiger partial charge on any atom is -0.294 e. The zero-order chi connectivity index (χ0) is 13.8. The molecule has 0 aromatic heterocycles. The van der Waals surface area contributed by atoms with Crippen molar-refractivity contribution in [3.05, 3.63) is 35.9 Å². The molecule has 1 nitrogen and oxygen atoms in total. The Morgan fingerprint density at radius 1 is 1.11 bits per heavy atom. The molecular weight excluding hydrogens is 241 g/mol. The van der Waals surface area contributed by atoms with Crippen molar-refractivity contribution in [3.63, 3.8) is 0 Å². The van der Waals surface area contributed by atoms with Gasteiger partial charge in [-0.1, -0.05) is 44.2 Å². The van der Waals surface area contributed by atoms with Gasteiger partial charge in [-0.25, -0.2) is 0 Å². The highest BCUT2D eigenvalue weighted by molar-refractivity contribution is 5.95. The molecule has 0 saturated carbocycles. The van der Waals surface area contributed by atoms with E-state index in [4.69, 9.17) is 0 Å². The van der Waals surface area contributed by atoms with Crippen LogP contribution in [0, 0.1) is 5.41 Å². The Bertz CT molecular complexity index is 393. The third-order valence-electron chi connectivity index (χ3n) is 2.80. The molecule has 0 spiro atoms. The highest BCUT2D eigenvalue weighted by atomic mass is 19.4. The molecular formula is C14H17F3O. The molecule has 0 heterocycles. The van der Waals surface area contributed by atoms with E-state index in [1.54, 1.807) is 44.2 Å². The molecule has 100 valence electrons. The SMILES string of the molecule is CC(C)(CCC(=O)c1ccccc1)CC(F)(F)F. The van der Waals surface area contributed by atoms with E-state index in [-0.39, 0.29) is 18.6 Å². The Morgan fingerprint density at radius 2 is 1.67 bits per heavy atom. The summed E-state index contributed by atoms with van der Waals surface area (Å²) in [6.07, 6.45) is -4.66. The van der Waals surface area contributed by atoms with Crippen LogP contribution in [-0.2, 0) is 0 Å². The lowest BCUT2D eigenvalue weighted by Crippen LogP contribution is -2.23. The number of benzene rings is 1. The fraction of sp³-hybridized carbons (Fsp3) is 0.500. The molecule has 0 aliphatic carbocycles. The monoisotopic (exact) mass is 258 g/mol. The van der Waals surface area contributed by atoms with Gasteiger partial charge >= 0.3 is 6.18 Å². The lowest BCUT2D eigenvalue weighted by molar-refractivity contribution is -0.155. The highest BCUT2D eigenvalue weighted by Crippen LogP contribution is 2.36. The van der Waals surface area contributed by atoms with Crippen molar-refractivity contribution in [1.29, 1.82) is 0 Å². The number of hydrogen-bond acceptors (Lipinski definition) is 1. The first kappa shape index (κ1) is 14.7.